The zero-order valence-electron chi connectivity index (χ0n) is 10.6. The molecule has 0 saturated carbocycles. The van der Waals surface area contributed by atoms with Crippen LogP contribution in [-0.2, 0) is 4.74 Å². The standard InChI is InChI=1S/C14H15BrO3/c1-4-17-14(16)12-7-18-13-10(8(2)3)5-9(15)6-11(12)13/h5-8H,4H2,1-3H3. The number of esters is 1. The lowest BCUT2D eigenvalue weighted by Crippen LogP contribution is -2.03. The summed E-state index contributed by atoms with van der Waals surface area (Å²) in [7, 11) is 0. The van der Waals surface area contributed by atoms with Gasteiger partial charge in [0, 0.05) is 9.86 Å². The van der Waals surface area contributed by atoms with Crippen LogP contribution in [0.1, 0.15) is 42.6 Å². The minimum Gasteiger partial charge on any atom is -0.463 e. The predicted octanol–water partition coefficient (Wildman–Crippen LogP) is 4.50. The first-order valence-corrected chi connectivity index (χ1v) is 6.71. The zero-order valence-corrected chi connectivity index (χ0v) is 12.2. The van der Waals surface area contributed by atoms with Gasteiger partial charge < -0.3 is 9.15 Å². The van der Waals surface area contributed by atoms with Crippen LogP contribution in [0.25, 0.3) is 11.0 Å². The predicted molar refractivity (Wildman–Crippen MR) is 74.0 cm³/mol. The van der Waals surface area contributed by atoms with Gasteiger partial charge in [0.15, 0.2) is 0 Å². The smallest absolute Gasteiger partial charge is 0.342 e. The summed E-state index contributed by atoms with van der Waals surface area (Å²) < 4.78 is 11.5. The summed E-state index contributed by atoms with van der Waals surface area (Å²) in [6.07, 6.45) is 1.47. The summed E-state index contributed by atoms with van der Waals surface area (Å²) in [5.74, 6) is -0.0183. The van der Waals surface area contributed by atoms with Gasteiger partial charge >= 0.3 is 5.97 Å². The second-order valence-corrected chi connectivity index (χ2v) is 5.31. The van der Waals surface area contributed by atoms with Crippen LogP contribution in [0.15, 0.2) is 27.3 Å². The summed E-state index contributed by atoms with van der Waals surface area (Å²) in [5.41, 5.74) is 2.32. The minimum absolute atomic E-state index is 0.325. The summed E-state index contributed by atoms with van der Waals surface area (Å²) in [6, 6.07) is 3.91. The van der Waals surface area contributed by atoms with Gasteiger partial charge in [0.1, 0.15) is 17.4 Å². The molecular formula is C14H15BrO3. The van der Waals surface area contributed by atoms with Crippen LogP contribution in [0, 0.1) is 0 Å². The van der Waals surface area contributed by atoms with E-state index in [4.69, 9.17) is 9.15 Å². The summed E-state index contributed by atoms with van der Waals surface area (Å²) >= 11 is 3.46. The fourth-order valence-corrected chi connectivity index (χ4v) is 2.40. The number of ether oxygens (including phenoxy) is 1. The van der Waals surface area contributed by atoms with Gasteiger partial charge in [-0.2, -0.15) is 0 Å². The lowest BCUT2D eigenvalue weighted by molar-refractivity contribution is 0.0527. The quantitative estimate of drug-likeness (QED) is 0.784. The van der Waals surface area contributed by atoms with E-state index in [1.165, 1.54) is 6.26 Å². The molecule has 0 unspecified atom stereocenters. The first-order valence-electron chi connectivity index (χ1n) is 5.92. The van der Waals surface area contributed by atoms with E-state index in [2.05, 4.69) is 29.8 Å². The van der Waals surface area contributed by atoms with Crippen molar-refractivity contribution in [2.75, 3.05) is 6.61 Å². The molecule has 0 amide bonds. The molecule has 96 valence electrons. The van der Waals surface area contributed by atoms with E-state index in [-0.39, 0.29) is 5.97 Å². The molecule has 0 aliphatic carbocycles. The lowest BCUT2D eigenvalue weighted by atomic mass is 10.0. The van der Waals surface area contributed by atoms with Crippen LogP contribution in [0.2, 0.25) is 0 Å². The van der Waals surface area contributed by atoms with Crippen LogP contribution < -0.4 is 0 Å². The first-order chi connectivity index (χ1) is 8.54. The Labute approximate surface area is 114 Å². The Morgan fingerprint density at radius 2 is 2.17 bits per heavy atom. The molecule has 18 heavy (non-hydrogen) atoms. The average Bonchev–Trinajstić information content (AvgIpc) is 2.71. The van der Waals surface area contributed by atoms with E-state index in [0.717, 1.165) is 21.0 Å². The van der Waals surface area contributed by atoms with Crippen molar-refractivity contribution in [2.45, 2.75) is 26.7 Å². The second-order valence-electron chi connectivity index (χ2n) is 4.40. The number of benzene rings is 1. The number of carbonyl (C=O) groups excluding carboxylic acids is 1. The SMILES string of the molecule is CCOC(=O)c1coc2c(C(C)C)cc(Br)cc12. The monoisotopic (exact) mass is 310 g/mol. The highest BCUT2D eigenvalue weighted by Crippen LogP contribution is 2.32. The van der Waals surface area contributed by atoms with Gasteiger partial charge in [-0.3, -0.25) is 0 Å². The molecule has 2 rings (SSSR count). The second kappa shape index (κ2) is 5.14. The van der Waals surface area contributed by atoms with Crippen molar-refractivity contribution in [2.24, 2.45) is 0 Å². The van der Waals surface area contributed by atoms with Crippen molar-refractivity contribution in [1.82, 2.24) is 0 Å². The Morgan fingerprint density at radius 3 is 2.78 bits per heavy atom. The molecule has 0 aliphatic heterocycles. The molecular weight excluding hydrogens is 296 g/mol. The Kier molecular flexibility index (Phi) is 3.76. The topological polar surface area (TPSA) is 39.4 Å². The molecule has 0 spiro atoms. The number of fused-ring (bicyclic) bond motifs is 1. The third-order valence-corrected chi connectivity index (χ3v) is 3.24. The van der Waals surface area contributed by atoms with Gasteiger partial charge in [0.25, 0.3) is 0 Å². The maximum Gasteiger partial charge on any atom is 0.342 e. The minimum atomic E-state index is -0.343. The normalized spacial score (nSPS) is 11.2. The van der Waals surface area contributed by atoms with Gasteiger partial charge in [0.05, 0.1) is 6.61 Å². The number of hydrogen-bond acceptors (Lipinski definition) is 3. The van der Waals surface area contributed by atoms with Gasteiger partial charge in [-0.25, -0.2) is 4.79 Å². The largest absolute Gasteiger partial charge is 0.463 e. The highest BCUT2D eigenvalue weighted by atomic mass is 79.9. The van der Waals surface area contributed by atoms with E-state index in [1.54, 1.807) is 6.92 Å². The number of furan rings is 1. The zero-order chi connectivity index (χ0) is 13.3. The van der Waals surface area contributed by atoms with Crippen LogP contribution in [0.3, 0.4) is 0 Å². The van der Waals surface area contributed by atoms with Crippen molar-refractivity contribution in [3.05, 3.63) is 34.0 Å². The van der Waals surface area contributed by atoms with Gasteiger partial charge in [-0.05, 0) is 30.5 Å². The summed E-state index contributed by atoms with van der Waals surface area (Å²) in [4.78, 5) is 11.8. The maximum atomic E-state index is 11.8. The maximum absolute atomic E-state index is 11.8. The van der Waals surface area contributed by atoms with Crippen LogP contribution in [0.5, 0.6) is 0 Å². The Bertz CT molecular complexity index is 584. The van der Waals surface area contributed by atoms with E-state index in [0.29, 0.717) is 18.1 Å². The molecule has 1 aromatic heterocycles. The van der Waals surface area contributed by atoms with Crippen molar-refractivity contribution in [1.29, 1.82) is 0 Å². The van der Waals surface area contributed by atoms with Gasteiger partial charge in [0.2, 0.25) is 0 Å². The van der Waals surface area contributed by atoms with E-state index in [1.807, 2.05) is 12.1 Å². The molecule has 0 atom stereocenters. The number of carbonyl (C=O) groups is 1. The molecule has 3 nitrogen and oxygen atoms in total. The van der Waals surface area contributed by atoms with Crippen LogP contribution in [0.4, 0.5) is 0 Å². The average molecular weight is 311 g/mol. The number of halogens is 1. The first kappa shape index (κ1) is 13.1. The van der Waals surface area contributed by atoms with E-state index in [9.17, 15) is 4.79 Å². The highest BCUT2D eigenvalue weighted by Gasteiger charge is 2.18. The Morgan fingerprint density at radius 1 is 1.44 bits per heavy atom. The molecule has 0 bridgehead atoms. The third kappa shape index (κ3) is 2.29. The van der Waals surface area contributed by atoms with Crippen molar-refractivity contribution >= 4 is 32.9 Å². The van der Waals surface area contributed by atoms with Gasteiger partial charge in [-0.1, -0.05) is 29.8 Å². The molecule has 0 aliphatic rings. The highest BCUT2D eigenvalue weighted by molar-refractivity contribution is 9.10. The van der Waals surface area contributed by atoms with Gasteiger partial charge in [-0.15, -0.1) is 0 Å². The molecule has 4 heteroatoms. The summed E-state index contributed by atoms with van der Waals surface area (Å²) in [5, 5.41) is 0.798. The molecule has 0 N–H and O–H groups in total. The molecule has 0 saturated heterocycles. The fourth-order valence-electron chi connectivity index (χ4n) is 1.92. The Balaban J connectivity index is 2.62. The van der Waals surface area contributed by atoms with Crippen molar-refractivity contribution in [3.63, 3.8) is 0 Å². The molecule has 0 radical (unpaired) electrons. The van der Waals surface area contributed by atoms with Crippen LogP contribution >= 0.6 is 15.9 Å². The Hall–Kier alpha value is -1.29. The van der Waals surface area contributed by atoms with Crippen molar-refractivity contribution < 1.29 is 13.9 Å². The summed E-state index contributed by atoms with van der Waals surface area (Å²) in [6.45, 7) is 6.33. The lowest BCUT2D eigenvalue weighted by Gasteiger charge is -2.07. The van der Waals surface area contributed by atoms with E-state index < -0.39 is 0 Å². The number of hydrogen-bond donors (Lipinski definition) is 0. The molecule has 0 fully saturated rings. The van der Waals surface area contributed by atoms with Crippen molar-refractivity contribution in [3.8, 4) is 0 Å². The fraction of sp³-hybridized carbons (Fsp3) is 0.357. The molecule has 1 aromatic carbocycles. The van der Waals surface area contributed by atoms with Crippen LogP contribution in [-0.4, -0.2) is 12.6 Å². The number of rotatable bonds is 3. The third-order valence-electron chi connectivity index (χ3n) is 2.78. The van der Waals surface area contributed by atoms with E-state index >= 15 is 0 Å². The molecule has 1 heterocycles. The molecule has 2 aromatic rings.